The van der Waals surface area contributed by atoms with Gasteiger partial charge in [0, 0.05) is 6.07 Å². The number of carboxylic acids is 1. The Bertz CT molecular complexity index is 698. The van der Waals surface area contributed by atoms with E-state index < -0.39 is 22.4 Å². The molecule has 1 N–H and O–H groups in total. The number of aromatic nitrogens is 3. The van der Waals surface area contributed by atoms with Crippen molar-refractivity contribution >= 4 is 11.7 Å². The Morgan fingerprint density at radius 1 is 1.55 bits per heavy atom. The van der Waals surface area contributed by atoms with Gasteiger partial charge in [0.2, 0.25) is 5.82 Å². The highest BCUT2D eigenvalue weighted by atomic mass is 19.1. The predicted octanol–water partition coefficient (Wildman–Crippen LogP) is 1.38. The molecule has 1 heterocycles. The molecule has 0 radical (unpaired) electrons. The first-order valence-corrected chi connectivity index (χ1v) is 5.46. The van der Waals surface area contributed by atoms with E-state index in [1.165, 1.54) is 17.7 Å². The Morgan fingerprint density at radius 2 is 2.25 bits per heavy atom. The van der Waals surface area contributed by atoms with Crippen LogP contribution < -0.4 is 0 Å². The Hall–Kier alpha value is -2.84. The second kappa shape index (κ2) is 5.03. The van der Waals surface area contributed by atoms with Crippen molar-refractivity contribution in [2.24, 2.45) is 0 Å². The summed E-state index contributed by atoms with van der Waals surface area (Å²) in [6.07, 6.45) is 0. The summed E-state index contributed by atoms with van der Waals surface area (Å²) in [5, 5.41) is 26.5. The lowest BCUT2D eigenvalue weighted by Gasteiger charge is -2.04. The molecule has 0 bridgehead atoms. The van der Waals surface area contributed by atoms with Gasteiger partial charge in [0.05, 0.1) is 17.2 Å². The number of aromatic carboxylic acids is 1. The zero-order valence-corrected chi connectivity index (χ0v) is 10.3. The molecular formula is C11H9FN4O4. The van der Waals surface area contributed by atoms with Gasteiger partial charge in [0.1, 0.15) is 0 Å². The quantitative estimate of drug-likeness (QED) is 0.669. The van der Waals surface area contributed by atoms with Gasteiger partial charge in [-0.3, -0.25) is 10.1 Å². The predicted molar refractivity (Wildman–Crippen MR) is 63.9 cm³/mol. The summed E-state index contributed by atoms with van der Waals surface area (Å²) >= 11 is 0. The smallest absolute Gasteiger partial charge is 0.358 e. The second-order valence-electron chi connectivity index (χ2n) is 4.03. The fourth-order valence-electron chi connectivity index (χ4n) is 1.68. The average Bonchev–Trinajstić information content (AvgIpc) is 2.70. The molecule has 20 heavy (non-hydrogen) atoms. The third-order valence-electron chi connectivity index (χ3n) is 2.73. The zero-order chi connectivity index (χ0) is 14.9. The summed E-state index contributed by atoms with van der Waals surface area (Å²) in [5.41, 5.74) is -0.0722. The largest absolute Gasteiger partial charge is 0.476 e. The number of benzene rings is 1. The van der Waals surface area contributed by atoms with Crippen molar-refractivity contribution in [3.8, 4) is 0 Å². The molecule has 1 aromatic carbocycles. The second-order valence-corrected chi connectivity index (χ2v) is 4.03. The van der Waals surface area contributed by atoms with Crippen LogP contribution in [0.2, 0.25) is 0 Å². The van der Waals surface area contributed by atoms with Crippen molar-refractivity contribution in [2.45, 2.75) is 13.5 Å². The van der Waals surface area contributed by atoms with Crippen LogP contribution in [0.4, 0.5) is 10.1 Å². The Balaban J connectivity index is 2.29. The lowest BCUT2D eigenvalue weighted by molar-refractivity contribution is -0.387. The number of hydrogen-bond donors (Lipinski definition) is 1. The highest BCUT2D eigenvalue weighted by Crippen LogP contribution is 2.19. The molecular weight excluding hydrogens is 271 g/mol. The Morgan fingerprint density at radius 3 is 2.75 bits per heavy atom. The highest BCUT2D eigenvalue weighted by Gasteiger charge is 2.17. The first-order chi connectivity index (χ1) is 9.40. The normalized spacial score (nSPS) is 10.5. The maximum atomic E-state index is 13.5. The average molecular weight is 280 g/mol. The van der Waals surface area contributed by atoms with Gasteiger partial charge >= 0.3 is 11.7 Å². The summed E-state index contributed by atoms with van der Waals surface area (Å²) in [6.45, 7) is 1.59. The van der Waals surface area contributed by atoms with E-state index in [-0.39, 0.29) is 12.2 Å². The summed E-state index contributed by atoms with van der Waals surface area (Å²) in [6, 6.07) is 3.44. The number of halogens is 1. The van der Waals surface area contributed by atoms with E-state index in [9.17, 15) is 19.3 Å². The van der Waals surface area contributed by atoms with E-state index in [2.05, 4.69) is 10.3 Å². The maximum absolute atomic E-state index is 13.5. The molecule has 9 heteroatoms. The van der Waals surface area contributed by atoms with E-state index in [1.807, 2.05) is 0 Å². The van der Waals surface area contributed by atoms with Crippen LogP contribution in [0.3, 0.4) is 0 Å². The molecule has 0 aliphatic rings. The van der Waals surface area contributed by atoms with Crippen LogP contribution in [0.25, 0.3) is 0 Å². The highest BCUT2D eigenvalue weighted by molar-refractivity contribution is 5.86. The molecule has 0 aliphatic carbocycles. The first-order valence-electron chi connectivity index (χ1n) is 5.46. The maximum Gasteiger partial charge on any atom is 0.358 e. The van der Waals surface area contributed by atoms with Gasteiger partial charge in [-0.05, 0) is 18.6 Å². The molecule has 0 saturated heterocycles. The van der Waals surface area contributed by atoms with Gasteiger partial charge in [-0.25, -0.2) is 9.48 Å². The van der Waals surface area contributed by atoms with Crippen molar-refractivity contribution in [3.05, 3.63) is 51.1 Å². The Kier molecular flexibility index (Phi) is 3.42. The van der Waals surface area contributed by atoms with E-state index in [1.54, 1.807) is 0 Å². The minimum atomic E-state index is -1.20. The van der Waals surface area contributed by atoms with Crippen molar-refractivity contribution in [3.63, 3.8) is 0 Å². The number of nitro groups is 1. The molecule has 0 unspecified atom stereocenters. The van der Waals surface area contributed by atoms with Gasteiger partial charge in [0.15, 0.2) is 5.69 Å². The van der Waals surface area contributed by atoms with E-state index in [0.717, 1.165) is 12.1 Å². The number of carbonyl (C=O) groups is 1. The number of nitrogens with zero attached hydrogens (tertiary/aromatic N) is 4. The summed E-state index contributed by atoms with van der Waals surface area (Å²) < 4.78 is 14.7. The molecule has 0 saturated carbocycles. The van der Waals surface area contributed by atoms with Gasteiger partial charge in [-0.15, -0.1) is 5.10 Å². The van der Waals surface area contributed by atoms with Crippen molar-refractivity contribution in [1.82, 2.24) is 15.0 Å². The monoisotopic (exact) mass is 280 g/mol. The molecule has 104 valence electrons. The summed E-state index contributed by atoms with van der Waals surface area (Å²) in [4.78, 5) is 20.5. The van der Waals surface area contributed by atoms with Crippen molar-refractivity contribution in [1.29, 1.82) is 0 Å². The van der Waals surface area contributed by atoms with Gasteiger partial charge in [-0.1, -0.05) is 11.3 Å². The van der Waals surface area contributed by atoms with Crippen molar-refractivity contribution < 1.29 is 19.2 Å². The summed E-state index contributed by atoms with van der Waals surface area (Å²) in [5.74, 6) is -2.16. The molecule has 0 aliphatic heterocycles. The minimum Gasteiger partial charge on any atom is -0.476 e. The third-order valence-corrected chi connectivity index (χ3v) is 2.73. The molecule has 1 aromatic heterocycles. The van der Waals surface area contributed by atoms with Crippen LogP contribution in [0.15, 0.2) is 18.2 Å². The van der Waals surface area contributed by atoms with Crippen LogP contribution in [0.1, 0.15) is 21.7 Å². The van der Waals surface area contributed by atoms with Crippen LogP contribution in [-0.2, 0) is 6.54 Å². The van der Waals surface area contributed by atoms with Gasteiger partial charge in [0.25, 0.3) is 0 Å². The lowest BCUT2D eigenvalue weighted by Crippen LogP contribution is -2.06. The molecule has 2 rings (SSSR count). The molecule has 0 spiro atoms. The lowest BCUT2D eigenvalue weighted by atomic mass is 10.2. The minimum absolute atomic E-state index is 0.0705. The first kappa shape index (κ1) is 13.6. The number of carboxylic acid groups (broad SMARTS) is 1. The standard InChI is InChI=1S/C11H9FN4O4/c1-6-10(11(17)18)13-14-15(6)5-7-2-3-9(16(19)20)8(12)4-7/h2-4H,5H2,1H3,(H,17,18). The molecule has 0 fully saturated rings. The molecule has 0 amide bonds. The third kappa shape index (κ3) is 2.46. The molecule has 8 nitrogen and oxygen atoms in total. The van der Waals surface area contributed by atoms with Gasteiger partial charge in [-0.2, -0.15) is 4.39 Å². The van der Waals surface area contributed by atoms with E-state index in [0.29, 0.717) is 11.3 Å². The van der Waals surface area contributed by atoms with Crippen LogP contribution in [-0.4, -0.2) is 31.0 Å². The summed E-state index contributed by atoms with van der Waals surface area (Å²) in [7, 11) is 0. The van der Waals surface area contributed by atoms with E-state index in [4.69, 9.17) is 5.11 Å². The van der Waals surface area contributed by atoms with Crippen LogP contribution in [0.5, 0.6) is 0 Å². The fraction of sp³-hybridized carbons (Fsp3) is 0.182. The zero-order valence-electron chi connectivity index (χ0n) is 10.3. The SMILES string of the molecule is Cc1c(C(=O)O)nnn1Cc1ccc([N+](=O)[O-])c(F)c1. The van der Waals surface area contributed by atoms with Crippen LogP contribution in [0, 0.1) is 22.9 Å². The molecule has 2 aromatic rings. The number of hydrogen-bond acceptors (Lipinski definition) is 5. The molecule has 0 atom stereocenters. The fourth-order valence-corrected chi connectivity index (χ4v) is 1.68. The van der Waals surface area contributed by atoms with Gasteiger partial charge < -0.3 is 5.11 Å². The van der Waals surface area contributed by atoms with E-state index >= 15 is 0 Å². The topological polar surface area (TPSA) is 111 Å². The number of nitro benzene ring substituents is 1. The van der Waals surface area contributed by atoms with Crippen molar-refractivity contribution in [2.75, 3.05) is 0 Å². The number of rotatable bonds is 4. The van der Waals surface area contributed by atoms with Crippen LogP contribution >= 0.6 is 0 Å². The Labute approximate surface area is 111 Å².